The second-order valence-electron chi connectivity index (χ2n) is 2.91. The molecule has 0 spiro atoms. The zero-order chi connectivity index (χ0) is 10.1. The third-order valence-corrected chi connectivity index (χ3v) is 2.31. The summed E-state index contributed by atoms with van der Waals surface area (Å²) < 4.78 is 0. The Morgan fingerprint density at radius 2 is 1.71 bits per heavy atom. The van der Waals surface area contributed by atoms with Crippen LogP contribution < -0.4 is 0 Å². The van der Waals surface area contributed by atoms with Gasteiger partial charge in [-0.2, -0.15) is 0 Å². The molecule has 0 fully saturated rings. The molecule has 0 aliphatic rings. The van der Waals surface area contributed by atoms with Crippen molar-refractivity contribution in [3.05, 3.63) is 51.5 Å². The van der Waals surface area contributed by atoms with Gasteiger partial charge in [-0.15, -0.1) is 0 Å². The van der Waals surface area contributed by atoms with Crippen LogP contribution in [0.3, 0.4) is 0 Å². The Morgan fingerprint density at radius 1 is 1.14 bits per heavy atom. The molecule has 0 heterocycles. The van der Waals surface area contributed by atoms with E-state index in [1.54, 1.807) is 6.07 Å². The number of benzene rings is 2. The van der Waals surface area contributed by atoms with Crippen molar-refractivity contribution in [1.29, 1.82) is 0 Å². The van der Waals surface area contributed by atoms with E-state index in [0.717, 1.165) is 10.8 Å². The lowest BCUT2D eigenvalue weighted by Gasteiger charge is -1.99. The molecule has 2 aromatic rings. The Hall–Kier alpha value is -1.61. The predicted octanol–water partition coefficient (Wildman–Crippen LogP) is 3.40. The number of nitro benzene ring substituents is 1. The Bertz CT molecular complexity index is 510. The van der Waals surface area contributed by atoms with Crippen LogP contribution in [0, 0.1) is 10.1 Å². The quantitative estimate of drug-likeness (QED) is 0.531. The summed E-state index contributed by atoms with van der Waals surface area (Å²) in [6, 6.07) is 10.5. The lowest BCUT2D eigenvalue weighted by molar-refractivity contribution is -0.384. The van der Waals surface area contributed by atoms with E-state index in [1.165, 1.54) is 6.07 Å². The van der Waals surface area contributed by atoms with E-state index >= 15 is 0 Å². The SMILES string of the molecule is O=[N+]([O-])c1cc2ccccc2cc1Cl. The van der Waals surface area contributed by atoms with Crippen molar-refractivity contribution in [2.24, 2.45) is 0 Å². The molecule has 0 aliphatic heterocycles. The van der Waals surface area contributed by atoms with Crippen molar-refractivity contribution in [3.63, 3.8) is 0 Å². The fourth-order valence-corrected chi connectivity index (χ4v) is 1.58. The molecule has 0 radical (unpaired) electrons. The predicted molar refractivity (Wildman–Crippen MR) is 55.6 cm³/mol. The monoisotopic (exact) mass is 207 g/mol. The van der Waals surface area contributed by atoms with Crippen molar-refractivity contribution in [3.8, 4) is 0 Å². The Kier molecular flexibility index (Phi) is 2.09. The van der Waals surface area contributed by atoms with Gasteiger partial charge in [-0.1, -0.05) is 35.9 Å². The van der Waals surface area contributed by atoms with Crippen LogP contribution in [-0.4, -0.2) is 4.92 Å². The largest absolute Gasteiger partial charge is 0.288 e. The normalized spacial score (nSPS) is 10.4. The first-order valence-electron chi connectivity index (χ1n) is 4.01. The standard InChI is InChI=1S/C10H6ClNO2/c11-9-5-7-3-1-2-4-8(7)6-10(9)12(13)14/h1-6H. The third kappa shape index (κ3) is 1.42. The molecule has 0 aromatic heterocycles. The van der Waals surface area contributed by atoms with E-state index in [0.29, 0.717) is 0 Å². The molecule has 0 saturated heterocycles. The highest BCUT2D eigenvalue weighted by Gasteiger charge is 2.12. The molecule has 2 aromatic carbocycles. The molecule has 0 saturated carbocycles. The highest BCUT2D eigenvalue weighted by atomic mass is 35.5. The minimum Gasteiger partial charge on any atom is -0.258 e. The maximum atomic E-state index is 10.6. The zero-order valence-electron chi connectivity index (χ0n) is 7.11. The summed E-state index contributed by atoms with van der Waals surface area (Å²) in [5.41, 5.74) is -0.0506. The van der Waals surface area contributed by atoms with Crippen molar-refractivity contribution < 1.29 is 4.92 Å². The molecular weight excluding hydrogens is 202 g/mol. The summed E-state index contributed by atoms with van der Waals surface area (Å²) in [6.45, 7) is 0. The lowest BCUT2D eigenvalue weighted by atomic mass is 10.1. The number of rotatable bonds is 1. The first-order chi connectivity index (χ1) is 6.68. The second kappa shape index (κ2) is 3.27. The van der Waals surface area contributed by atoms with Gasteiger partial charge in [-0.25, -0.2) is 0 Å². The van der Waals surface area contributed by atoms with Crippen LogP contribution in [0.25, 0.3) is 10.8 Å². The van der Waals surface area contributed by atoms with Gasteiger partial charge < -0.3 is 0 Å². The molecular formula is C10H6ClNO2. The first kappa shape index (κ1) is 8.97. The van der Waals surface area contributed by atoms with Gasteiger partial charge in [-0.3, -0.25) is 10.1 Å². The average molecular weight is 208 g/mol. The van der Waals surface area contributed by atoms with Crippen LogP contribution in [0.2, 0.25) is 5.02 Å². The number of hydrogen-bond donors (Lipinski definition) is 0. The Labute approximate surface area is 85.1 Å². The van der Waals surface area contributed by atoms with E-state index in [4.69, 9.17) is 11.6 Å². The van der Waals surface area contributed by atoms with Crippen molar-refractivity contribution in [2.75, 3.05) is 0 Å². The maximum absolute atomic E-state index is 10.6. The average Bonchev–Trinajstić information content (AvgIpc) is 2.16. The molecule has 3 nitrogen and oxygen atoms in total. The van der Waals surface area contributed by atoms with E-state index in [9.17, 15) is 10.1 Å². The van der Waals surface area contributed by atoms with Crippen LogP contribution in [-0.2, 0) is 0 Å². The van der Waals surface area contributed by atoms with Crippen LogP contribution in [0.1, 0.15) is 0 Å². The smallest absolute Gasteiger partial charge is 0.258 e. The topological polar surface area (TPSA) is 43.1 Å². The first-order valence-corrected chi connectivity index (χ1v) is 4.39. The molecule has 0 unspecified atom stereocenters. The molecule has 4 heteroatoms. The molecule has 0 atom stereocenters. The summed E-state index contributed by atoms with van der Waals surface area (Å²) in [4.78, 5) is 10.1. The Balaban J connectivity index is 2.77. The van der Waals surface area contributed by atoms with E-state index in [1.807, 2.05) is 24.3 Å². The van der Waals surface area contributed by atoms with Crippen LogP contribution >= 0.6 is 11.6 Å². The molecule has 70 valence electrons. The van der Waals surface area contributed by atoms with Crippen LogP contribution in [0.4, 0.5) is 5.69 Å². The van der Waals surface area contributed by atoms with Gasteiger partial charge >= 0.3 is 0 Å². The third-order valence-electron chi connectivity index (χ3n) is 2.01. The summed E-state index contributed by atoms with van der Waals surface area (Å²) in [5.74, 6) is 0. The minimum atomic E-state index is -0.477. The summed E-state index contributed by atoms with van der Waals surface area (Å²) in [6.07, 6.45) is 0. The van der Waals surface area contributed by atoms with Crippen molar-refractivity contribution >= 4 is 28.1 Å². The Morgan fingerprint density at radius 3 is 2.29 bits per heavy atom. The van der Waals surface area contributed by atoms with Gasteiger partial charge in [0.2, 0.25) is 0 Å². The molecule has 0 aliphatic carbocycles. The van der Waals surface area contributed by atoms with Crippen LogP contribution in [0.15, 0.2) is 36.4 Å². The number of halogens is 1. The number of fused-ring (bicyclic) bond motifs is 1. The minimum absolute atomic E-state index is 0.0506. The second-order valence-corrected chi connectivity index (χ2v) is 3.32. The number of hydrogen-bond acceptors (Lipinski definition) is 2. The zero-order valence-corrected chi connectivity index (χ0v) is 7.86. The van der Waals surface area contributed by atoms with E-state index < -0.39 is 4.92 Å². The van der Waals surface area contributed by atoms with Crippen molar-refractivity contribution in [2.45, 2.75) is 0 Å². The molecule has 0 bridgehead atoms. The van der Waals surface area contributed by atoms with Gasteiger partial charge in [-0.05, 0) is 16.8 Å². The van der Waals surface area contributed by atoms with Gasteiger partial charge in [0.15, 0.2) is 0 Å². The maximum Gasteiger partial charge on any atom is 0.288 e. The fourth-order valence-electron chi connectivity index (χ4n) is 1.34. The fraction of sp³-hybridized carbons (Fsp3) is 0. The van der Waals surface area contributed by atoms with Gasteiger partial charge in [0.25, 0.3) is 5.69 Å². The summed E-state index contributed by atoms with van der Waals surface area (Å²) in [7, 11) is 0. The molecule has 0 N–H and O–H groups in total. The van der Waals surface area contributed by atoms with E-state index in [2.05, 4.69) is 0 Å². The number of nitro groups is 1. The van der Waals surface area contributed by atoms with Gasteiger partial charge in [0.1, 0.15) is 5.02 Å². The molecule has 2 rings (SSSR count). The highest BCUT2D eigenvalue weighted by Crippen LogP contribution is 2.29. The number of nitrogens with zero attached hydrogens (tertiary/aromatic N) is 1. The highest BCUT2D eigenvalue weighted by molar-refractivity contribution is 6.33. The summed E-state index contributed by atoms with van der Waals surface area (Å²) >= 11 is 5.76. The summed E-state index contributed by atoms with van der Waals surface area (Å²) in [5, 5.41) is 12.5. The molecule has 0 amide bonds. The lowest BCUT2D eigenvalue weighted by Crippen LogP contribution is -1.88. The van der Waals surface area contributed by atoms with Gasteiger partial charge in [0, 0.05) is 6.07 Å². The van der Waals surface area contributed by atoms with Crippen LogP contribution in [0.5, 0.6) is 0 Å². The molecule has 14 heavy (non-hydrogen) atoms. The van der Waals surface area contributed by atoms with Gasteiger partial charge in [0.05, 0.1) is 4.92 Å². The van der Waals surface area contributed by atoms with E-state index in [-0.39, 0.29) is 10.7 Å². The van der Waals surface area contributed by atoms with Crippen molar-refractivity contribution in [1.82, 2.24) is 0 Å².